The van der Waals surface area contributed by atoms with E-state index in [4.69, 9.17) is 9.51 Å². The van der Waals surface area contributed by atoms with Gasteiger partial charge >= 0.3 is 6.03 Å². The van der Waals surface area contributed by atoms with Gasteiger partial charge in [0.15, 0.2) is 0 Å². The Morgan fingerprint density at radius 2 is 1.63 bits per heavy atom. The van der Waals surface area contributed by atoms with Crippen molar-refractivity contribution in [3.05, 3.63) is 96.0 Å². The van der Waals surface area contributed by atoms with E-state index < -0.39 is 0 Å². The summed E-state index contributed by atoms with van der Waals surface area (Å²) in [4.78, 5) is 67.8. The number of rotatable bonds is 11. The van der Waals surface area contributed by atoms with Crippen LogP contribution in [0.2, 0.25) is 0 Å². The minimum absolute atomic E-state index is 0.0589. The SMILES string of the molecule is Cc1cc(-c2ncnc3[nH]c(-c4ccc(N5CCN(CC6CCN(c7ccc(N8CCC(=O)NC8=O)cc7)CC6)CC5)cn4)cc23)ccc1[C@@H](C)NC(=O)c1noc(C2(C)CC2)n1. The van der Waals surface area contributed by atoms with Crippen LogP contribution in [0, 0.1) is 12.8 Å². The van der Waals surface area contributed by atoms with Crippen LogP contribution in [0.1, 0.15) is 79.6 Å². The van der Waals surface area contributed by atoms with Gasteiger partial charge < -0.3 is 24.6 Å². The quantitative estimate of drug-likeness (QED) is 0.131. The summed E-state index contributed by atoms with van der Waals surface area (Å²) < 4.78 is 5.38. The first-order valence-electron chi connectivity index (χ1n) is 22.1. The largest absolute Gasteiger partial charge is 0.372 e. The minimum Gasteiger partial charge on any atom is -0.372 e. The molecule has 1 atom stereocenters. The molecule has 4 amide bonds. The highest BCUT2D eigenvalue weighted by Gasteiger charge is 2.45. The number of aromatic amines is 1. The van der Waals surface area contributed by atoms with E-state index >= 15 is 0 Å². The topological polar surface area (TPSA) is 182 Å². The molecule has 16 heteroatoms. The molecule has 3 N–H and O–H groups in total. The molecule has 3 saturated heterocycles. The lowest BCUT2D eigenvalue weighted by molar-refractivity contribution is -0.120. The van der Waals surface area contributed by atoms with E-state index in [1.54, 1.807) is 11.2 Å². The van der Waals surface area contributed by atoms with Crippen LogP contribution in [-0.2, 0) is 10.2 Å². The zero-order chi connectivity index (χ0) is 43.2. The fraction of sp³-hybridized carbons (Fsp3) is 0.404. The van der Waals surface area contributed by atoms with Crippen LogP contribution in [0.5, 0.6) is 0 Å². The molecule has 10 rings (SSSR count). The second-order valence-corrected chi connectivity index (χ2v) is 17.8. The fourth-order valence-corrected chi connectivity index (χ4v) is 9.23. The highest BCUT2D eigenvalue weighted by Crippen LogP contribution is 2.46. The summed E-state index contributed by atoms with van der Waals surface area (Å²) in [6, 6.07) is 20.0. The summed E-state index contributed by atoms with van der Waals surface area (Å²) in [6.45, 7) is 13.6. The van der Waals surface area contributed by atoms with Gasteiger partial charge in [-0.05, 0) is 105 Å². The molecule has 16 nitrogen and oxygen atoms in total. The van der Waals surface area contributed by atoms with Crippen molar-refractivity contribution < 1.29 is 18.9 Å². The predicted octanol–water partition coefficient (Wildman–Crippen LogP) is 6.41. The lowest BCUT2D eigenvalue weighted by Crippen LogP contribution is -2.49. The number of nitrogens with one attached hydrogen (secondary N) is 3. The molecule has 4 aliphatic rings. The Morgan fingerprint density at radius 3 is 2.35 bits per heavy atom. The number of aromatic nitrogens is 6. The first kappa shape index (κ1) is 40.4. The van der Waals surface area contributed by atoms with Crippen molar-refractivity contribution in [3.8, 4) is 22.6 Å². The smallest absolute Gasteiger partial charge is 0.328 e. The van der Waals surface area contributed by atoms with Gasteiger partial charge in [0, 0.05) is 86.5 Å². The number of H-pyrrole nitrogens is 1. The summed E-state index contributed by atoms with van der Waals surface area (Å²) >= 11 is 0. The Labute approximate surface area is 365 Å². The van der Waals surface area contributed by atoms with Gasteiger partial charge in [-0.2, -0.15) is 4.98 Å². The number of piperazine rings is 1. The Hall–Kier alpha value is -6.68. The number of hydrogen-bond acceptors (Lipinski definition) is 12. The van der Waals surface area contributed by atoms with Crippen molar-refractivity contribution in [2.45, 2.75) is 64.3 Å². The van der Waals surface area contributed by atoms with Crippen LogP contribution in [0.25, 0.3) is 33.7 Å². The second-order valence-electron chi connectivity index (χ2n) is 17.8. The van der Waals surface area contributed by atoms with Crippen LogP contribution >= 0.6 is 0 Å². The van der Waals surface area contributed by atoms with Crippen molar-refractivity contribution >= 4 is 45.9 Å². The van der Waals surface area contributed by atoms with Gasteiger partial charge in [0.25, 0.3) is 11.7 Å². The average molecular weight is 849 g/mol. The third-order valence-electron chi connectivity index (χ3n) is 13.4. The van der Waals surface area contributed by atoms with E-state index in [2.05, 4.69) is 93.7 Å². The highest BCUT2D eigenvalue weighted by molar-refractivity contribution is 6.05. The van der Waals surface area contributed by atoms with Gasteiger partial charge in [-0.1, -0.05) is 24.2 Å². The van der Waals surface area contributed by atoms with Crippen molar-refractivity contribution in [2.24, 2.45) is 5.92 Å². The second kappa shape index (κ2) is 16.5. The fourth-order valence-electron chi connectivity index (χ4n) is 9.23. The van der Waals surface area contributed by atoms with Crippen LogP contribution in [0.15, 0.2) is 77.7 Å². The number of pyridine rings is 1. The molecule has 3 aliphatic heterocycles. The highest BCUT2D eigenvalue weighted by atomic mass is 16.5. The Kier molecular flexibility index (Phi) is 10.6. The van der Waals surface area contributed by atoms with Crippen LogP contribution < -0.4 is 25.3 Å². The molecule has 1 aliphatic carbocycles. The average Bonchev–Trinajstić information content (AvgIpc) is 3.63. The Morgan fingerprint density at radius 1 is 0.889 bits per heavy atom. The summed E-state index contributed by atoms with van der Waals surface area (Å²) in [5.74, 6) is 0.676. The van der Waals surface area contributed by atoms with Gasteiger partial charge in [0.1, 0.15) is 12.0 Å². The third-order valence-corrected chi connectivity index (χ3v) is 13.4. The van der Waals surface area contributed by atoms with E-state index in [1.807, 2.05) is 44.3 Å². The van der Waals surface area contributed by atoms with Gasteiger partial charge in [-0.15, -0.1) is 0 Å². The van der Waals surface area contributed by atoms with Gasteiger partial charge in [-0.25, -0.2) is 14.8 Å². The van der Waals surface area contributed by atoms with Crippen molar-refractivity contribution in [1.29, 1.82) is 0 Å². The summed E-state index contributed by atoms with van der Waals surface area (Å²) in [7, 11) is 0. The van der Waals surface area contributed by atoms with Crippen molar-refractivity contribution in [2.75, 3.05) is 67.1 Å². The minimum atomic E-state index is -0.360. The normalized spacial score (nSPS) is 18.7. The molecular weight excluding hydrogens is 797 g/mol. The molecule has 7 heterocycles. The lowest BCUT2D eigenvalue weighted by Gasteiger charge is -2.40. The molecule has 1 saturated carbocycles. The molecule has 324 valence electrons. The molecule has 2 aromatic carbocycles. The molecule has 6 aromatic rings. The number of aryl methyl sites for hydroxylation is 1. The van der Waals surface area contributed by atoms with E-state index in [9.17, 15) is 14.4 Å². The monoisotopic (exact) mass is 848 g/mol. The first-order chi connectivity index (χ1) is 30.6. The number of benzene rings is 2. The summed E-state index contributed by atoms with van der Waals surface area (Å²) in [5.41, 5.74) is 9.25. The number of hydrogen-bond donors (Lipinski definition) is 3. The zero-order valence-electron chi connectivity index (χ0n) is 35.9. The number of anilines is 3. The van der Waals surface area contributed by atoms with Gasteiger partial charge in [0.05, 0.1) is 35.0 Å². The maximum absolute atomic E-state index is 13.0. The summed E-state index contributed by atoms with van der Waals surface area (Å²) in [5, 5.41) is 10.3. The third kappa shape index (κ3) is 8.34. The molecule has 0 bridgehead atoms. The molecule has 0 radical (unpaired) electrons. The standard InChI is InChI=1S/C47H52N12O4/c1-29-24-32(4-10-36(29)30(2)51-44(61)43-54-45(63-55-43)47(3)15-16-47)41-37-25-39(52-42(37)50-28-49-41)38-11-9-35(26-48-38)58-22-20-56(21-23-58)27-31-12-17-57(18-13-31)33-5-7-34(8-6-33)59-19-14-40(60)53-46(59)62/h4-11,24-26,28,30-31H,12-23,27H2,1-3H3,(H,51,61)(H,49,50,52)(H,53,60,62)/t30-/m1/s1. The maximum atomic E-state index is 13.0. The van der Waals surface area contributed by atoms with E-state index in [0.717, 1.165) is 128 Å². The number of urea groups is 1. The molecule has 0 unspecified atom stereocenters. The molecular formula is C47H52N12O4. The van der Waals surface area contributed by atoms with Gasteiger partial charge in [-0.3, -0.25) is 29.7 Å². The number of fused-ring (bicyclic) bond motifs is 1. The van der Waals surface area contributed by atoms with E-state index in [0.29, 0.717) is 24.8 Å². The number of amides is 4. The maximum Gasteiger partial charge on any atom is 0.328 e. The molecule has 4 aromatic heterocycles. The first-order valence-corrected chi connectivity index (χ1v) is 22.1. The molecule has 0 spiro atoms. The van der Waals surface area contributed by atoms with Crippen LogP contribution in [0.3, 0.4) is 0 Å². The Bertz CT molecular complexity index is 2660. The lowest BCUT2D eigenvalue weighted by atomic mass is 9.95. The zero-order valence-corrected chi connectivity index (χ0v) is 35.9. The predicted molar refractivity (Wildman–Crippen MR) is 240 cm³/mol. The number of carbonyl (C=O) groups excluding carboxylic acids is 3. The van der Waals surface area contributed by atoms with E-state index in [-0.39, 0.29) is 35.1 Å². The van der Waals surface area contributed by atoms with Crippen LogP contribution in [-0.4, -0.2) is 105 Å². The van der Waals surface area contributed by atoms with E-state index in [1.165, 1.54) is 5.69 Å². The number of nitrogens with zero attached hydrogens (tertiary/aromatic N) is 9. The molecule has 4 fully saturated rings. The summed E-state index contributed by atoms with van der Waals surface area (Å²) in [6.07, 6.45) is 8.16. The van der Waals surface area contributed by atoms with Crippen LogP contribution in [0.4, 0.5) is 21.9 Å². The number of carbonyl (C=O) groups is 3. The van der Waals surface area contributed by atoms with Crippen molar-refractivity contribution in [1.82, 2.24) is 45.6 Å². The Balaban J connectivity index is 0.715. The van der Waals surface area contributed by atoms with Gasteiger partial charge in [0.2, 0.25) is 11.8 Å². The molecule has 63 heavy (non-hydrogen) atoms. The number of imide groups is 1. The van der Waals surface area contributed by atoms with Crippen molar-refractivity contribution in [3.63, 3.8) is 0 Å². The number of piperidine rings is 1.